The molecular weight excluding hydrogens is 849 g/mol. The highest BCUT2D eigenvalue weighted by molar-refractivity contribution is 7.86. The molecule has 0 aliphatic carbocycles. The molecule has 1 heterocycles. The van der Waals surface area contributed by atoms with Crippen molar-refractivity contribution >= 4 is 77.0 Å². The molecule has 0 saturated heterocycles. The van der Waals surface area contributed by atoms with Gasteiger partial charge in [0.15, 0.2) is 5.75 Å². The smallest absolute Gasteiger partial charge is 0.338 e. The summed E-state index contributed by atoms with van der Waals surface area (Å²) in [4.78, 5) is 35.0. The van der Waals surface area contributed by atoms with Gasteiger partial charge in [-0.15, -0.1) is 25.6 Å². The number of aromatic nitrogens is 1. The van der Waals surface area contributed by atoms with Crippen molar-refractivity contribution in [2.24, 2.45) is 36.4 Å². The Bertz CT molecular complexity index is 3020. The number of carboxylic acid groups (broad SMARTS) is 1. The van der Waals surface area contributed by atoms with E-state index in [9.17, 15) is 60.8 Å². The minimum absolute atomic E-state index is 0.0222. The van der Waals surface area contributed by atoms with Crippen LogP contribution in [0.15, 0.2) is 93.8 Å². The number of hydrogen-bond donors (Lipinski definition) is 7. The Kier molecular flexibility index (Phi) is 12.8. The van der Waals surface area contributed by atoms with E-state index in [0.29, 0.717) is 12.1 Å². The van der Waals surface area contributed by atoms with E-state index in [1.54, 1.807) is 13.8 Å². The van der Waals surface area contributed by atoms with Crippen LogP contribution in [0, 0.1) is 6.92 Å². The number of fused-ring (bicyclic) bond motifs is 1. The first-order chi connectivity index (χ1) is 28.6. The normalized spacial score (nSPS) is 12.2. The molecule has 0 aliphatic rings. The van der Waals surface area contributed by atoms with E-state index in [2.05, 4.69) is 30.7 Å². The van der Waals surface area contributed by atoms with Crippen LogP contribution in [-0.2, 0) is 26.8 Å². The maximum atomic E-state index is 12.6. The lowest BCUT2D eigenvalue weighted by Crippen LogP contribution is -2.30. The fourth-order valence-corrected chi connectivity index (χ4v) is 6.98. The molecule has 1 aromatic heterocycles. The van der Waals surface area contributed by atoms with Crippen molar-refractivity contribution in [3.05, 3.63) is 75.6 Å². The van der Waals surface area contributed by atoms with Crippen LogP contribution in [0.1, 0.15) is 47.1 Å². The second kappa shape index (κ2) is 17.5. The molecule has 5 aromatic rings. The van der Waals surface area contributed by atoms with Gasteiger partial charge in [-0.05, 0) is 63.4 Å². The van der Waals surface area contributed by atoms with Gasteiger partial charge in [0.1, 0.15) is 56.1 Å². The number of amides is 1. The van der Waals surface area contributed by atoms with E-state index in [4.69, 9.17) is 15.2 Å². The zero-order chi connectivity index (χ0) is 45.1. The Labute approximate surface area is 344 Å². The number of hydrogen-bond acceptors (Lipinski definition) is 18. The highest BCUT2D eigenvalue weighted by Gasteiger charge is 2.26. The number of nitrogens with two attached hydrogens (primary N) is 1. The molecule has 0 radical (unpaired) electrons. The summed E-state index contributed by atoms with van der Waals surface area (Å²) < 4.78 is 79.8. The van der Waals surface area contributed by atoms with Crippen molar-refractivity contribution < 1.29 is 65.4 Å². The third kappa shape index (κ3) is 9.28. The zero-order valence-electron chi connectivity index (χ0n) is 32.1. The van der Waals surface area contributed by atoms with E-state index >= 15 is 0 Å². The maximum absolute atomic E-state index is 12.6. The summed E-state index contributed by atoms with van der Waals surface area (Å²) in [6, 6.07) is 8.17. The summed E-state index contributed by atoms with van der Waals surface area (Å²) >= 11 is 0. The fraction of sp³-hybridized carbons (Fsp3) is 0.194. The van der Waals surface area contributed by atoms with Gasteiger partial charge >= 0.3 is 5.97 Å². The summed E-state index contributed by atoms with van der Waals surface area (Å²) in [7, 11) is -10.1. The molecule has 4 aromatic carbocycles. The molecule has 8 N–H and O–H groups in total. The number of ether oxygens (including phenoxy) is 2. The number of carbonyl (C=O) groups excluding carboxylic acids is 1. The molecule has 0 bridgehead atoms. The molecule has 0 atom stereocenters. The second-order valence-electron chi connectivity index (χ2n) is 12.4. The number of benzene rings is 4. The van der Waals surface area contributed by atoms with Gasteiger partial charge in [0.05, 0.1) is 34.7 Å². The van der Waals surface area contributed by atoms with Crippen LogP contribution in [-0.4, -0.2) is 76.0 Å². The Morgan fingerprint density at radius 1 is 0.754 bits per heavy atom. The molecule has 320 valence electrons. The number of pyridine rings is 1. The Morgan fingerprint density at radius 3 is 1.85 bits per heavy atom. The van der Waals surface area contributed by atoms with Gasteiger partial charge in [0, 0.05) is 30.3 Å². The average Bonchev–Trinajstić information content (AvgIpc) is 3.16. The van der Waals surface area contributed by atoms with E-state index in [-0.39, 0.29) is 65.3 Å². The lowest BCUT2D eigenvalue weighted by atomic mass is 10.1. The third-order valence-electron chi connectivity index (χ3n) is 8.54. The van der Waals surface area contributed by atoms with Gasteiger partial charge in [-0.3, -0.25) is 23.3 Å². The van der Waals surface area contributed by atoms with Crippen LogP contribution in [0.5, 0.6) is 28.9 Å². The molecule has 0 aliphatic heterocycles. The predicted molar refractivity (Wildman–Crippen MR) is 213 cm³/mol. The van der Waals surface area contributed by atoms with Crippen molar-refractivity contribution in [1.82, 2.24) is 4.57 Å². The molecule has 5 rings (SSSR count). The molecule has 0 fully saturated rings. The molecule has 0 saturated carbocycles. The van der Waals surface area contributed by atoms with Crippen LogP contribution >= 0.6 is 0 Å². The Hall–Kier alpha value is -7.35. The Morgan fingerprint density at radius 2 is 1.33 bits per heavy atom. The van der Waals surface area contributed by atoms with Crippen LogP contribution in [0.2, 0.25) is 0 Å². The van der Waals surface area contributed by atoms with Gasteiger partial charge in [0.25, 0.3) is 31.7 Å². The number of aromatic carboxylic acids is 1. The summed E-state index contributed by atoms with van der Waals surface area (Å²) in [5.74, 6) is -5.15. The van der Waals surface area contributed by atoms with Gasteiger partial charge in [0.2, 0.25) is 5.88 Å². The van der Waals surface area contributed by atoms with E-state index in [0.717, 1.165) is 16.7 Å². The number of phenols is 2. The molecule has 0 spiro atoms. The molecule has 61 heavy (non-hydrogen) atoms. The summed E-state index contributed by atoms with van der Waals surface area (Å²) in [5.41, 5.74) is 2.14. The van der Waals surface area contributed by atoms with E-state index < -0.39 is 92.4 Å². The van der Waals surface area contributed by atoms with Crippen molar-refractivity contribution in [2.75, 3.05) is 13.2 Å². The molecule has 23 nitrogen and oxygen atoms in total. The van der Waals surface area contributed by atoms with Gasteiger partial charge in [-0.2, -0.15) is 21.9 Å². The standard InChI is InChI=1S/C36H34N8O15S2/c1-5-44-34(48)28(33(37)47)16(4)30(35(44)49)42-38-18-8-9-21(20(12-18)36(50)51)39-40-22-14-26(59-7-3)23(15-25(22)58-6-2)41-43-31-27(61(55,56)57)11-17-10-19(60(52,53)54)13-24(45)29(17)32(31)46/h8-15,45-46,49H,5-7H2,1-4H3,(H2,37,47)(H,50,51)(H,52,53,54)(H,55,56,57). The second-order valence-corrected chi connectivity index (χ2v) is 15.2. The highest BCUT2D eigenvalue weighted by atomic mass is 32.2. The Balaban J connectivity index is 1.57. The number of phenolic OH excluding ortho intramolecular Hbond substituents is 2. The SMILES string of the molecule is CCOc1cc(N=Nc2c(S(=O)(=O)O)cc3cc(S(=O)(=O)O)cc(O)c3c2O)c(OCC)cc1N=Nc1ccc(N=Nc2c(C)c(C(N)=O)c(=O)n(CC)c2O)cc1C(=O)O. The highest BCUT2D eigenvalue weighted by Crippen LogP contribution is 2.47. The molecule has 0 unspecified atom stereocenters. The van der Waals surface area contributed by atoms with Crippen LogP contribution in [0.3, 0.4) is 0 Å². The van der Waals surface area contributed by atoms with Crippen molar-refractivity contribution in [3.63, 3.8) is 0 Å². The average molecular weight is 883 g/mol. The summed E-state index contributed by atoms with van der Waals surface area (Å²) in [6.45, 7) is 6.12. The predicted octanol–water partition coefficient (Wildman–Crippen LogP) is 6.78. The van der Waals surface area contributed by atoms with Gasteiger partial charge in [-0.25, -0.2) is 4.79 Å². The van der Waals surface area contributed by atoms with Crippen molar-refractivity contribution in [1.29, 1.82) is 0 Å². The topological polar surface area (TPSA) is 364 Å². The minimum Gasteiger partial charge on any atom is -0.507 e. The number of primary amides is 1. The van der Waals surface area contributed by atoms with Crippen molar-refractivity contribution in [2.45, 2.75) is 44.0 Å². The minimum atomic E-state index is -5.21. The molecule has 1 amide bonds. The largest absolute Gasteiger partial charge is 0.507 e. The number of carboxylic acids is 1. The lowest BCUT2D eigenvalue weighted by Gasteiger charge is -2.13. The van der Waals surface area contributed by atoms with E-state index in [1.165, 1.54) is 38.1 Å². The zero-order valence-corrected chi connectivity index (χ0v) is 33.8. The number of aromatic hydroxyl groups is 3. The monoisotopic (exact) mass is 882 g/mol. The van der Waals surface area contributed by atoms with E-state index in [1.807, 2.05) is 0 Å². The number of carbonyl (C=O) groups is 2. The first-order valence-electron chi connectivity index (χ1n) is 17.4. The number of nitrogens with zero attached hydrogens (tertiary/aromatic N) is 7. The third-order valence-corrected chi connectivity index (χ3v) is 10.2. The van der Waals surface area contributed by atoms with Crippen LogP contribution < -0.4 is 20.8 Å². The van der Waals surface area contributed by atoms with Gasteiger partial charge < -0.3 is 35.6 Å². The maximum Gasteiger partial charge on any atom is 0.338 e. The number of azo groups is 3. The lowest BCUT2D eigenvalue weighted by molar-refractivity contribution is 0.0697. The first-order valence-corrected chi connectivity index (χ1v) is 20.3. The first kappa shape index (κ1) is 44.7. The number of rotatable bonds is 15. The molecular formula is C36H34N8O15S2. The fourth-order valence-electron chi connectivity index (χ4n) is 5.79. The van der Waals surface area contributed by atoms with Gasteiger partial charge in [-0.1, -0.05) is 0 Å². The van der Waals surface area contributed by atoms with Crippen LogP contribution in [0.25, 0.3) is 10.8 Å². The van der Waals surface area contributed by atoms with Crippen molar-refractivity contribution in [3.8, 4) is 28.9 Å². The summed E-state index contributed by atoms with van der Waals surface area (Å²) in [5, 5.41) is 65.3. The quantitative estimate of drug-likeness (QED) is 0.0421. The summed E-state index contributed by atoms with van der Waals surface area (Å²) in [6.07, 6.45) is 0. The van der Waals surface area contributed by atoms with Crippen LogP contribution in [0.4, 0.5) is 34.1 Å². The molecule has 25 heteroatoms.